The number of ether oxygens (including phenoxy) is 2. The van der Waals surface area contributed by atoms with E-state index in [-0.39, 0.29) is 11.3 Å². The molecule has 4 aliphatic rings. The molecule has 1 spiro atoms. The van der Waals surface area contributed by atoms with Crippen molar-refractivity contribution >= 4 is 5.91 Å². The minimum absolute atomic E-state index is 0.0144. The molecule has 1 amide bonds. The molecule has 1 aliphatic carbocycles. The molecule has 6 rings (SSSR count). The molecule has 5 heteroatoms. The van der Waals surface area contributed by atoms with Gasteiger partial charge in [-0.2, -0.15) is 0 Å². The zero-order valence-electron chi connectivity index (χ0n) is 22.4. The Morgan fingerprint density at radius 1 is 1.05 bits per heavy atom. The van der Waals surface area contributed by atoms with Crippen LogP contribution in [-0.2, 0) is 21.6 Å². The maximum absolute atomic E-state index is 14.7. The number of likely N-dealkylation sites (tertiary alicyclic amines) is 1. The Kier molecular flexibility index (Phi) is 7.27. The molecule has 2 aromatic carbocycles. The van der Waals surface area contributed by atoms with E-state index in [0.717, 1.165) is 50.2 Å². The number of benzene rings is 2. The molecule has 5 nitrogen and oxygen atoms in total. The van der Waals surface area contributed by atoms with Crippen molar-refractivity contribution in [2.75, 3.05) is 33.4 Å². The molecule has 0 radical (unpaired) electrons. The van der Waals surface area contributed by atoms with Crippen molar-refractivity contribution in [3.8, 4) is 5.75 Å². The molecule has 1 saturated carbocycles. The average molecular weight is 504 g/mol. The van der Waals surface area contributed by atoms with Gasteiger partial charge in [0.15, 0.2) is 0 Å². The molecule has 198 valence electrons. The van der Waals surface area contributed by atoms with Gasteiger partial charge in [0, 0.05) is 24.8 Å². The van der Waals surface area contributed by atoms with Crippen LogP contribution in [0.1, 0.15) is 74.0 Å². The fourth-order valence-electron chi connectivity index (χ4n) is 8.19. The van der Waals surface area contributed by atoms with Gasteiger partial charge < -0.3 is 19.7 Å². The minimum Gasteiger partial charge on any atom is -0.496 e. The van der Waals surface area contributed by atoms with E-state index in [2.05, 4.69) is 52.7 Å². The highest BCUT2D eigenvalue weighted by atomic mass is 16.5. The predicted molar refractivity (Wildman–Crippen MR) is 145 cm³/mol. The van der Waals surface area contributed by atoms with Crippen LogP contribution in [0.3, 0.4) is 0 Å². The van der Waals surface area contributed by atoms with Crippen LogP contribution in [0.5, 0.6) is 5.75 Å². The lowest BCUT2D eigenvalue weighted by Crippen LogP contribution is -2.82. The number of piperidine rings is 1. The summed E-state index contributed by atoms with van der Waals surface area (Å²) >= 11 is 0. The van der Waals surface area contributed by atoms with E-state index >= 15 is 0 Å². The van der Waals surface area contributed by atoms with E-state index in [9.17, 15) is 4.79 Å². The van der Waals surface area contributed by atoms with Crippen molar-refractivity contribution in [2.45, 2.75) is 75.3 Å². The van der Waals surface area contributed by atoms with E-state index < -0.39 is 0 Å². The number of carbonyl (C=O) groups excluding carboxylic acids is 1. The van der Waals surface area contributed by atoms with Crippen LogP contribution in [0, 0.1) is 11.8 Å². The summed E-state index contributed by atoms with van der Waals surface area (Å²) in [6.07, 6.45) is 9.58. The average Bonchev–Trinajstić information content (AvgIpc) is 3.30. The van der Waals surface area contributed by atoms with Gasteiger partial charge in [-0.25, -0.2) is 0 Å². The van der Waals surface area contributed by atoms with Gasteiger partial charge in [-0.15, -0.1) is 0 Å². The molecule has 0 bridgehead atoms. The largest absolute Gasteiger partial charge is 0.496 e. The highest BCUT2D eigenvalue weighted by Crippen LogP contribution is 2.46. The zero-order chi connectivity index (χ0) is 25.2. The number of nitrogens with zero attached hydrogens (tertiary/aromatic N) is 1. The maximum atomic E-state index is 14.7. The van der Waals surface area contributed by atoms with Gasteiger partial charge in [-0.05, 0) is 61.1 Å². The molecule has 2 aromatic rings. The van der Waals surface area contributed by atoms with Crippen LogP contribution < -0.4 is 10.1 Å². The van der Waals surface area contributed by atoms with Gasteiger partial charge in [0.1, 0.15) is 11.7 Å². The Labute approximate surface area is 221 Å². The summed E-state index contributed by atoms with van der Waals surface area (Å²) in [6.45, 7) is 3.95. The second kappa shape index (κ2) is 10.8. The second-order valence-electron chi connectivity index (χ2n) is 11.9. The number of nitrogens with two attached hydrogens (primary N) is 1. The Balaban J connectivity index is 1.32. The summed E-state index contributed by atoms with van der Waals surface area (Å²) in [6, 6.07) is 17.8. The third kappa shape index (κ3) is 4.59. The molecule has 2 saturated heterocycles. The molecular weight excluding hydrogens is 460 g/mol. The number of fused-ring (bicyclic) bond motifs is 2. The second-order valence-corrected chi connectivity index (χ2v) is 11.9. The first-order valence-electron chi connectivity index (χ1n) is 14.6. The molecule has 3 aliphatic heterocycles. The first kappa shape index (κ1) is 24.9. The summed E-state index contributed by atoms with van der Waals surface area (Å²) in [5.74, 6) is 2.46. The Hall–Kier alpha value is -2.37. The van der Waals surface area contributed by atoms with Gasteiger partial charge in [-0.1, -0.05) is 61.7 Å². The number of quaternary nitrogens is 1. The number of hydrogen-bond donors (Lipinski definition) is 1. The maximum Gasteiger partial charge on any atom is 0.232 e. The van der Waals surface area contributed by atoms with E-state index in [1.165, 1.54) is 43.2 Å². The molecule has 37 heavy (non-hydrogen) atoms. The monoisotopic (exact) mass is 503 g/mol. The minimum atomic E-state index is -0.190. The number of rotatable bonds is 4. The van der Waals surface area contributed by atoms with Gasteiger partial charge in [0.2, 0.25) is 5.91 Å². The summed E-state index contributed by atoms with van der Waals surface area (Å²) in [5.41, 5.74) is 3.68. The van der Waals surface area contributed by atoms with E-state index in [1.54, 1.807) is 7.11 Å². The van der Waals surface area contributed by atoms with Crippen LogP contribution in [-0.4, -0.2) is 50.2 Å². The summed E-state index contributed by atoms with van der Waals surface area (Å²) in [7, 11) is 1.74. The quantitative estimate of drug-likeness (QED) is 0.673. The van der Waals surface area contributed by atoms with E-state index in [4.69, 9.17) is 9.47 Å². The SMILES string of the molecule is COc1cccc2c1COCC[C@]21C[NH2+]CC1C(=O)N1CC[C@@H](c2ccccc2)C[C@H]1C1CCCCC1. The van der Waals surface area contributed by atoms with Crippen molar-refractivity contribution in [3.05, 3.63) is 65.2 Å². The summed E-state index contributed by atoms with van der Waals surface area (Å²) in [4.78, 5) is 17.0. The standard InChI is InChI=1S/C32H42N2O3/c1-36-30-14-8-13-27-26(30)21-37-18-16-32(27)22-33-20-28(32)31(35)34-17-15-25(23-9-4-2-5-10-23)19-29(34)24-11-6-3-7-12-24/h2,4-5,8-10,13-14,24-25,28-29,33H,3,6-7,11-12,15-22H2,1H3/p+1/t25-,28?,29+,32+/m1/s1. The molecule has 0 aromatic heterocycles. The van der Waals surface area contributed by atoms with Crippen molar-refractivity contribution in [2.24, 2.45) is 11.8 Å². The normalized spacial score (nSPS) is 30.6. The smallest absolute Gasteiger partial charge is 0.232 e. The first-order valence-corrected chi connectivity index (χ1v) is 14.6. The van der Waals surface area contributed by atoms with Gasteiger partial charge in [0.25, 0.3) is 0 Å². The van der Waals surface area contributed by atoms with Crippen molar-refractivity contribution < 1.29 is 19.6 Å². The molecule has 2 N–H and O–H groups in total. The molecule has 3 heterocycles. The third-order valence-corrected chi connectivity index (χ3v) is 10.1. The fourth-order valence-corrected chi connectivity index (χ4v) is 8.19. The van der Waals surface area contributed by atoms with Crippen molar-refractivity contribution in [3.63, 3.8) is 0 Å². The molecule has 1 unspecified atom stereocenters. The lowest BCUT2D eigenvalue weighted by molar-refractivity contribution is -0.640. The highest BCUT2D eigenvalue weighted by molar-refractivity contribution is 5.82. The van der Waals surface area contributed by atoms with E-state index in [1.807, 2.05) is 6.07 Å². The van der Waals surface area contributed by atoms with Gasteiger partial charge >= 0.3 is 0 Å². The van der Waals surface area contributed by atoms with Crippen LogP contribution >= 0.6 is 0 Å². The van der Waals surface area contributed by atoms with Crippen LogP contribution in [0.15, 0.2) is 48.5 Å². The van der Waals surface area contributed by atoms with Crippen molar-refractivity contribution in [1.82, 2.24) is 4.90 Å². The van der Waals surface area contributed by atoms with Gasteiger partial charge in [-0.3, -0.25) is 4.79 Å². The number of methoxy groups -OCH3 is 1. The van der Waals surface area contributed by atoms with Gasteiger partial charge in [0.05, 0.1) is 32.2 Å². The summed E-state index contributed by atoms with van der Waals surface area (Å²) < 4.78 is 11.8. The molecule has 4 atom stereocenters. The Morgan fingerprint density at radius 3 is 2.70 bits per heavy atom. The van der Waals surface area contributed by atoms with E-state index in [0.29, 0.717) is 37.0 Å². The molecule has 3 fully saturated rings. The lowest BCUT2D eigenvalue weighted by atomic mass is 9.67. The lowest BCUT2D eigenvalue weighted by Gasteiger charge is -2.46. The summed E-state index contributed by atoms with van der Waals surface area (Å²) in [5, 5.41) is 2.38. The van der Waals surface area contributed by atoms with Crippen LogP contribution in [0.4, 0.5) is 0 Å². The predicted octanol–water partition coefficient (Wildman–Crippen LogP) is 4.40. The zero-order valence-corrected chi connectivity index (χ0v) is 22.4. The Bertz CT molecular complexity index is 1080. The third-order valence-electron chi connectivity index (χ3n) is 10.1. The number of carbonyl (C=O) groups is 1. The topological polar surface area (TPSA) is 55.4 Å². The van der Waals surface area contributed by atoms with Crippen LogP contribution in [0.2, 0.25) is 0 Å². The van der Waals surface area contributed by atoms with Crippen LogP contribution in [0.25, 0.3) is 0 Å². The Morgan fingerprint density at radius 2 is 1.89 bits per heavy atom. The highest BCUT2D eigenvalue weighted by Gasteiger charge is 2.55. The fraction of sp³-hybridized carbons (Fsp3) is 0.594. The number of hydrogen-bond acceptors (Lipinski definition) is 3. The molecular formula is C32H43N2O3+. The number of amides is 1. The van der Waals surface area contributed by atoms with Crippen molar-refractivity contribution in [1.29, 1.82) is 0 Å². The first-order chi connectivity index (χ1) is 18.2.